The summed E-state index contributed by atoms with van der Waals surface area (Å²) in [6.07, 6.45) is 0.253. The van der Waals surface area contributed by atoms with Gasteiger partial charge in [-0.3, -0.25) is 0 Å². The largest absolute Gasteiger partial charge is 0.450 e. The van der Waals surface area contributed by atoms with Gasteiger partial charge in [0, 0.05) is 0 Å². The maximum Gasteiger partial charge on any atom is 0.404 e. The lowest BCUT2D eigenvalue weighted by atomic mass is 10.0. The zero-order chi connectivity index (χ0) is 7.40. The quantitative estimate of drug-likeness (QED) is 0.648. The average molecular weight is 181 g/mol. The highest BCUT2D eigenvalue weighted by Gasteiger charge is 2.16. The molecule has 5 heteroatoms. The highest BCUT2D eigenvalue weighted by atomic mass is 35.5. The molecule has 1 heterocycles. The Morgan fingerprint density at radius 1 is 1.64 bits per heavy atom. The van der Waals surface area contributed by atoms with Gasteiger partial charge in [-0.05, 0) is 25.4 Å². The molecule has 0 bridgehead atoms. The van der Waals surface area contributed by atoms with E-state index in [9.17, 15) is 4.79 Å². The predicted molar refractivity (Wildman–Crippen MR) is 43.8 cm³/mol. The minimum atomic E-state index is -0.674. The summed E-state index contributed by atoms with van der Waals surface area (Å²) in [6.45, 7) is 2.55. The van der Waals surface area contributed by atoms with Crippen LogP contribution in [0.4, 0.5) is 4.79 Å². The number of ether oxygens (including phenoxy) is 1. The van der Waals surface area contributed by atoms with Crippen LogP contribution >= 0.6 is 12.4 Å². The van der Waals surface area contributed by atoms with Gasteiger partial charge in [0.05, 0.1) is 6.61 Å². The lowest BCUT2D eigenvalue weighted by Gasteiger charge is -2.26. The molecule has 11 heavy (non-hydrogen) atoms. The first-order valence-electron chi connectivity index (χ1n) is 3.42. The van der Waals surface area contributed by atoms with Gasteiger partial charge in [0.2, 0.25) is 0 Å². The van der Waals surface area contributed by atoms with Crippen LogP contribution in [0.5, 0.6) is 0 Å². The monoisotopic (exact) mass is 180 g/mol. The minimum absolute atomic E-state index is 0. The van der Waals surface area contributed by atoms with Crippen molar-refractivity contribution in [2.45, 2.75) is 6.42 Å². The van der Waals surface area contributed by atoms with Crippen LogP contribution in [0.3, 0.4) is 0 Å². The Hall–Kier alpha value is -0.480. The third-order valence-electron chi connectivity index (χ3n) is 1.64. The number of hydrogen-bond acceptors (Lipinski definition) is 3. The molecule has 66 valence electrons. The van der Waals surface area contributed by atoms with Gasteiger partial charge in [-0.1, -0.05) is 0 Å². The highest BCUT2D eigenvalue weighted by molar-refractivity contribution is 5.85. The van der Waals surface area contributed by atoms with Crippen LogP contribution < -0.4 is 11.1 Å². The summed E-state index contributed by atoms with van der Waals surface area (Å²) in [5.74, 6) is 0.680. The highest BCUT2D eigenvalue weighted by Crippen LogP contribution is 2.07. The number of primary amides is 1. The molecule has 4 nitrogen and oxygen atoms in total. The summed E-state index contributed by atoms with van der Waals surface area (Å²) >= 11 is 0. The molecule has 0 aromatic heterocycles. The number of rotatable bonds is 3. The molecule has 0 aromatic rings. The van der Waals surface area contributed by atoms with Gasteiger partial charge in [0.25, 0.3) is 0 Å². The van der Waals surface area contributed by atoms with E-state index in [4.69, 9.17) is 5.73 Å². The summed E-state index contributed by atoms with van der Waals surface area (Å²) in [5.41, 5.74) is 4.76. The zero-order valence-electron chi connectivity index (χ0n) is 6.21. The van der Waals surface area contributed by atoms with Gasteiger partial charge in [-0.25, -0.2) is 4.79 Å². The maximum atomic E-state index is 10.1. The van der Waals surface area contributed by atoms with Gasteiger partial charge in [-0.15, -0.1) is 12.4 Å². The predicted octanol–water partition coefficient (Wildman–Crippen LogP) is 0.113. The van der Waals surface area contributed by atoms with Crippen LogP contribution in [0.25, 0.3) is 0 Å². The Morgan fingerprint density at radius 3 is 2.64 bits per heavy atom. The Morgan fingerprint density at radius 2 is 2.27 bits per heavy atom. The van der Waals surface area contributed by atoms with E-state index in [2.05, 4.69) is 10.1 Å². The Kier molecular flexibility index (Phi) is 4.98. The normalized spacial score (nSPS) is 16.4. The molecule has 1 amide bonds. The van der Waals surface area contributed by atoms with E-state index in [0.717, 1.165) is 19.5 Å². The third kappa shape index (κ3) is 4.06. The zero-order valence-corrected chi connectivity index (χ0v) is 7.02. The molecule has 1 rings (SSSR count). The molecular weight excluding hydrogens is 168 g/mol. The molecule has 1 saturated heterocycles. The average Bonchev–Trinajstić information content (AvgIpc) is 1.75. The number of amides is 1. The van der Waals surface area contributed by atoms with Crippen LogP contribution in [-0.4, -0.2) is 25.8 Å². The summed E-state index contributed by atoms with van der Waals surface area (Å²) in [6, 6.07) is 0. The fraction of sp³-hybridized carbons (Fsp3) is 0.833. The van der Waals surface area contributed by atoms with E-state index in [0.29, 0.717) is 12.5 Å². The van der Waals surface area contributed by atoms with Crippen molar-refractivity contribution in [1.82, 2.24) is 5.32 Å². The van der Waals surface area contributed by atoms with Gasteiger partial charge < -0.3 is 15.8 Å². The smallest absolute Gasteiger partial charge is 0.404 e. The lowest BCUT2D eigenvalue weighted by molar-refractivity contribution is 0.142. The first-order chi connectivity index (χ1) is 4.79. The van der Waals surface area contributed by atoms with Crippen molar-refractivity contribution in [1.29, 1.82) is 0 Å². The van der Waals surface area contributed by atoms with Crippen LogP contribution in [0.2, 0.25) is 0 Å². The van der Waals surface area contributed by atoms with Crippen molar-refractivity contribution in [3.63, 3.8) is 0 Å². The van der Waals surface area contributed by atoms with Crippen molar-refractivity contribution in [3.05, 3.63) is 0 Å². The van der Waals surface area contributed by atoms with Crippen molar-refractivity contribution in [2.24, 2.45) is 11.7 Å². The summed E-state index contributed by atoms with van der Waals surface area (Å²) in [7, 11) is 0. The molecule has 0 saturated carbocycles. The number of nitrogens with two attached hydrogens (primary N) is 1. The van der Waals surface area contributed by atoms with E-state index in [1.165, 1.54) is 0 Å². The van der Waals surface area contributed by atoms with Crippen LogP contribution in [-0.2, 0) is 4.74 Å². The number of carbonyl (C=O) groups excluding carboxylic acids is 1. The maximum absolute atomic E-state index is 10.1. The number of nitrogens with one attached hydrogen (secondary N) is 1. The fourth-order valence-electron chi connectivity index (χ4n) is 0.879. The van der Waals surface area contributed by atoms with Crippen molar-refractivity contribution < 1.29 is 9.53 Å². The second-order valence-corrected chi connectivity index (χ2v) is 2.48. The van der Waals surface area contributed by atoms with Crippen molar-refractivity contribution in [2.75, 3.05) is 19.7 Å². The van der Waals surface area contributed by atoms with Gasteiger partial charge >= 0.3 is 6.09 Å². The van der Waals surface area contributed by atoms with Crippen LogP contribution in [0.1, 0.15) is 6.42 Å². The van der Waals surface area contributed by atoms with E-state index < -0.39 is 6.09 Å². The second-order valence-electron chi connectivity index (χ2n) is 2.48. The molecule has 1 fully saturated rings. The second kappa shape index (κ2) is 5.21. The summed E-state index contributed by atoms with van der Waals surface area (Å²) < 4.78 is 4.56. The topological polar surface area (TPSA) is 64.4 Å². The van der Waals surface area contributed by atoms with Crippen LogP contribution in [0, 0.1) is 5.92 Å². The van der Waals surface area contributed by atoms with Gasteiger partial charge in [-0.2, -0.15) is 0 Å². The Balaban J connectivity index is 0.000001000. The lowest BCUT2D eigenvalue weighted by Crippen LogP contribution is -2.42. The van der Waals surface area contributed by atoms with Crippen molar-refractivity contribution >= 4 is 18.5 Å². The Bertz CT molecular complexity index is 128. The Labute approximate surface area is 71.9 Å². The molecule has 0 spiro atoms. The minimum Gasteiger partial charge on any atom is -0.450 e. The first kappa shape index (κ1) is 10.5. The van der Waals surface area contributed by atoms with Crippen molar-refractivity contribution in [3.8, 4) is 0 Å². The molecule has 0 atom stereocenters. The number of carbonyl (C=O) groups is 1. The first-order valence-corrected chi connectivity index (χ1v) is 3.42. The number of hydrogen-bond donors (Lipinski definition) is 2. The summed E-state index contributed by atoms with van der Waals surface area (Å²) in [4.78, 5) is 10.1. The SMILES string of the molecule is Cl.NC(=O)OCCC1CNC1. The standard InChI is InChI=1S/C6H12N2O2.ClH/c7-6(9)10-2-1-5-3-8-4-5;/h5,8H,1-4H2,(H2,7,9);1H. The molecule has 0 aliphatic carbocycles. The molecule has 0 radical (unpaired) electrons. The van der Waals surface area contributed by atoms with Gasteiger partial charge in [0.15, 0.2) is 0 Å². The summed E-state index contributed by atoms with van der Waals surface area (Å²) in [5, 5.41) is 3.13. The molecule has 1 aliphatic rings. The third-order valence-corrected chi connectivity index (χ3v) is 1.64. The number of halogens is 1. The molecule has 0 aromatic carbocycles. The molecule has 0 unspecified atom stereocenters. The van der Waals surface area contributed by atoms with E-state index in [1.807, 2.05) is 0 Å². The van der Waals surface area contributed by atoms with E-state index in [-0.39, 0.29) is 12.4 Å². The fourth-order valence-corrected chi connectivity index (χ4v) is 0.879. The van der Waals surface area contributed by atoms with E-state index in [1.54, 1.807) is 0 Å². The molecule has 3 N–H and O–H groups in total. The molecule has 1 aliphatic heterocycles. The van der Waals surface area contributed by atoms with Gasteiger partial charge in [0.1, 0.15) is 0 Å². The van der Waals surface area contributed by atoms with E-state index >= 15 is 0 Å². The molecular formula is C6H13ClN2O2. The van der Waals surface area contributed by atoms with Crippen LogP contribution in [0.15, 0.2) is 0 Å².